The Balaban J connectivity index is 2.49. The van der Waals surface area contributed by atoms with Gasteiger partial charge in [0.25, 0.3) is 0 Å². The second-order valence-corrected chi connectivity index (χ2v) is 7.04. The first-order chi connectivity index (χ1) is 8.19. The Morgan fingerprint density at radius 1 is 1.56 bits per heavy atom. The number of hydrogen-bond donors (Lipinski definition) is 1. The highest BCUT2D eigenvalue weighted by Gasteiger charge is 2.69. The number of carbonyl (C=O) groups is 1. The van der Waals surface area contributed by atoms with E-state index in [1.807, 2.05) is 20.8 Å². The first-order valence-electron chi connectivity index (χ1n) is 6.51. The molecule has 0 aromatic carbocycles. The van der Waals surface area contributed by atoms with Crippen LogP contribution >= 0.6 is 0 Å². The highest BCUT2D eigenvalue weighted by atomic mass is 16.4. The first kappa shape index (κ1) is 13.1. The molecule has 0 aromatic heterocycles. The van der Waals surface area contributed by atoms with Gasteiger partial charge in [-0.2, -0.15) is 5.26 Å². The summed E-state index contributed by atoms with van der Waals surface area (Å²) in [6, 6.07) is 2.38. The van der Waals surface area contributed by atoms with Crippen molar-refractivity contribution >= 4 is 5.97 Å². The van der Waals surface area contributed by atoms with Crippen LogP contribution < -0.4 is 0 Å². The fraction of sp³-hybridized carbons (Fsp3) is 0.733. The first-order valence-corrected chi connectivity index (χ1v) is 6.51. The molecule has 0 spiro atoms. The number of aliphatic carboxylic acids is 1. The third-order valence-corrected chi connectivity index (χ3v) is 5.07. The van der Waals surface area contributed by atoms with Crippen molar-refractivity contribution in [2.45, 2.75) is 40.5 Å². The van der Waals surface area contributed by atoms with E-state index in [0.29, 0.717) is 12.3 Å². The van der Waals surface area contributed by atoms with E-state index >= 15 is 0 Å². The molecule has 0 bridgehead atoms. The molecule has 4 atom stereocenters. The van der Waals surface area contributed by atoms with Crippen molar-refractivity contribution in [3.63, 3.8) is 0 Å². The van der Waals surface area contributed by atoms with Gasteiger partial charge in [0, 0.05) is 5.41 Å². The van der Waals surface area contributed by atoms with Crippen molar-refractivity contribution in [3.8, 4) is 6.07 Å². The Bertz CT molecular complexity index is 454. The van der Waals surface area contributed by atoms with Crippen LogP contribution in [0.15, 0.2) is 12.2 Å². The van der Waals surface area contributed by atoms with Crippen LogP contribution in [0.3, 0.4) is 0 Å². The molecule has 0 radical (unpaired) electrons. The van der Waals surface area contributed by atoms with Gasteiger partial charge in [0.15, 0.2) is 0 Å². The lowest BCUT2D eigenvalue weighted by Crippen LogP contribution is -2.61. The predicted octanol–water partition coefficient (Wildman–Crippen LogP) is 3.23. The molecule has 0 aliphatic heterocycles. The van der Waals surface area contributed by atoms with Gasteiger partial charge in [0.2, 0.25) is 0 Å². The fourth-order valence-corrected chi connectivity index (χ4v) is 4.12. The van der Waals surface area contributed by atoms with Crippen molar-refractivity contribution in [2.75, 3.05) is 0 Å². The maximum absolute atomic E-state index is 11.7. The molecule has 1 fully saturated rings. The van der Waals surface area contributed by atoms with Gasteiger partial charge >= 0.3 is 5.97 Å². The minimum atomic E-state index is -0.843. The smallest absolute Gasteiger partial charge is 0.308 e. The summed E-state index contributed by atoms with van der Waals surface area (Å²) in [7, 11) is 0. The minimum absolute atomic E-state index is 0.266. The molecule has 0 heterocycles. The molecule has 1 unspecified atom stereocenters. The molecular weight excluding hydrogens is 226 g/mol. The predicted molar refractivity (Wildman–Crippen MR) is 68.6 cm³/mol. The molecule has 3 heteroatoms. The standard InChI is InChI=1S/C15H21NO2/c1-13(2,3)11(12(17)18)15(9-16)8-10-6-5-7-14(10,15)4/h5,7,10-11H,6,8H2,1-4H3,(H,17,18)/t10-,11?,14-,15-/m0/s1. The number of rotatable bonds is 2. The van der Waals surface area contributed by atoms with Crippen LogP contribution in [0, 0.1) is 39.4 Å². The van der Waals surface area contributed by atoms with Crippen LogP contribution in [0.1, 0.15) is 40.5 Å². The van der Waals surface area contributed by atoms with Gasteiger partial charge in [-0.3, -0.25) is 4.79 Å². The van der Waals surface area contributed by atoms with E-state index in [9.17, 15) is 15.2 Å². The topological polar surface area (TPSA) is 61.1 Å². The van der Waals surface area contributed by atoms with Crippen LogP contribution in [-0.4, -0.2) is 11.1 Å². The lowest BCUT2D eigenvalue weighted by molar-refractivity contribution is -0.170. The summed E-state index contributed by atoms with van der Waals surface area (Å²) in [5.74, 6) is -1.02. The summed E-state index contributed by atoms with van der Waals surface area (Å²) >= 11 is 0. The van der Waals surface area contributed by atoms with Gasteiger partial charge in [-0.1, -0.05) is 39.8 Å². The monoisotopic (exact) mass is 247 g/mol. The summed E-state index contributed by atoms with van der Waals surface area (Å²) in [5, 5.41) is 19.3. The van der Waals surface area contributed by atoms with Crippen molar-refractivity contribution in [3.05, 3.63) is 12.2 Å². The minimum Gasteiger partial charge on any atom is -0.481 e. The largest absolute Gasteiger partial charge is 0.481 e. The molecule has 0 amide bonds. The third kappa shape index (κ3) is 1.38. The fourth-order valence-electron chi connectivity index (χ4n) is 4.12. The van der Waals surface area contributed by atoms with Crippen LogP contribution in [0.2, 0.25) is 0 Å². The quantitative estimate of drug-likeness (QED) is 0.762. The Hall–Kier alpha value is -1.30. The van der Waals surface area contributed by atoms with Gasteiger partial charge in [-0.25, -0.2) is 0 Å². The van der Waals surface area contributed by atoms with Gasteiger partial charge in [-0.05, 0) is 24.2 Å². The number of carboxylic acid groups (broad SMARTS) is 1. The van der Waals surface area contributed by atoms with E-state index in [1.54, 1.807) is 0 Å². The molecule has 0 saturated heterocycles. The lowest BCUT2D eigenvalue weighted by Gasteiger charge is -2.60. The van der Waals surface area contributed by atoms with Gasteiger partial charge in [0.05, 0.1) is 17.4 Å². The summed E-state index contributed by atoms with van der Waals surface area (Å²) in [5.41, 5.74) is -1.43. The number of nitrogens with zero attached hydrogens (tertiary/aromatic N) is 1. The average Bonchev–Trinajstić information content (AvgIpc) is 2.51. The Morgan fingerprint density at radius 3 is 2.56 bits per heavy atom. The number of nitriles is 1. The molecule has 18 heavy (non-hydrogen) atoms. The number of fused-ring (bicyclic) bond motifs is 1. The molecule has 1 N–H and O–H groups in total. The Morgan fingerprint density at radius 2 is 2.17 bits per heavy atom. The highest BCUT2D eigenvalue weighted by molar-refractivity contribution is 5.74. The molecule has 2 aliphatic rings. The molecule has 0 aromatic rings. The zero-order valence-corrected chi connectivity index (χ0v) is 11.5. The van der Waals surface area contributed by atoms with Crippen molar-refractivity contribution in [2.24, 2.45) is 28.1 Å². The van der Waals surface area contributed by atoms with Gasteiger partial charge in [-0.15, -0.1) is 0 Å². The Labute approximate surface area is 108 Å². The van der Waals surface area contributed by atoms with E-state index in [1.165, 1.54) is 0 Å². The van der Waals surface area contributed by atoms with E-state index in [-0.39, 0.29) is 5.41 Å². The maximum atomic E-state index is 11.7. The lowest BCUT2D eigenvalue weighted by atomic mass is 9.39. The zero-order chi connectivity index (χ0) is 13.8. The van der Waals surface area contributed by atoms with E-state index < -0.39 is 22.7 Å². The van der Waals surface area contributed by atoms with Crippen molar-refractivity contribution < 1.29 is 9.90 Å². The molecule has 2 aliphatic carbocycles. The van der Waals surface area contributed by atoms with E-state index in [2.05, 4.69) is 25.1 Å². The summed E-state index contributed by atoms with van der Waals surface area (Å²) in [4.78, 5) is 11.7. The normalized spacial score (nSPS) is 39.6. The summed E-state index contributed by atoms with van der Waals surface area (Å²) in [6.07, 6.45) is 5.87. The van der Waals surface area contributed by atoms with Crippen LogP contribution in [0.4, 0.5) is 0 Å². The van der Waals surface area contributed by atoms with Crippen LogP contribution in [0.25, 0.3) is 0 Å². The van der Waals surface area contributed by atoms with Crippen LogP contribution in [0.5, 0.6) is 0 Å². The Kier molecular flexibility index (Phi) is 2.63. The molecule has 98 valence electrons. The number of carboxylic acids is 1. The molecular formula is C15H21NO2. The van der Waals surface area contributed by atoms with Crippen LogP contribution in [-0.2, 0) is 4.79 Å². The van der Waals surface area contributed by atoms with Crippen molar-refractivity contribution in [1.82, 2.24) is 0 Å². The second-order valence-electron chi connectivity index (χ2n) is 7.04. The van der Waals surface area contributed by atoms with Gasteiger partial charge in [0.1, 0.15) is 0 Å². The summed E-state index contributed by atoms with van der Waals surface area (Å²) in [6.45, 7) is 7.80. The molecule has 2 rings (SSSR count). The average molecular weight is 247 g/mol. The maximum Gasteiger partial charge on any atom is 0.308 e. The van der Waals surface area contributed by atoms with Gasteiger partial charge < -0.3 is 5.11 Å². The second kappa shape index (κ2) is 3.60. The molecule has 1 saturated carbocycles. The van der Waals surface area contributed by atoms with Crippen molar-refractivity contribution in [1.29, 1.82) is 5.26 Å². The zero-order valence-electron chi connectivity index (χ0n) is 11.5. The number of allylic oxidation sites excluding steroid dienone is 2. The SMILES string of the molecule is CC(C)(C)C(C(=O)O)[C@@]1(C#N)C[C@@H]2CC=C[C@@]21C. The summed E-state index contributed by atoms with van der Waals surface area (Å²) < 4.78 is 0. The molecule has 3 nitrogen and oxygen atoms in total. The third-order valence-electron chi connectivity index (χ3n) is 5.07. The number of hydrogen-bond acceptors (Lipinski definition) is 2. The highest BCUT2D eigenvalue weighted by Crippen LogP contribution is 2.70. The van der Waals surface area contributed by atoms with E-state index in [4.69, 9.17) is 0 Å². The van der Waals surface area contributed by atoms with E-state index in [0.717, 1.165) is 6.42 Å².